The number of anilines is 4. The molecule has 0 aliphatic heterocycles. The van der Waals surface area contributed by atoms with Crippen molar-refractivity contribution in [1.29, 1.82) is 0 Å². The third kappa shape index (κ3) is 2.84. The Morgan fingerprint density at radius 2 is 1.86 bits per heavy atom. The van der Waals surface area contributed by atoms with Gasteiger partial charge in [-0.25, -0.2) is 4.98 Å². The zero-order valence-corrected chi connectivity index (χ0v) is 15.8. The standard InChI is InChI=1S/C20H14N8S/c1-2-13(7-15-11(1)9-23-28-15)25-20-26-18-14(5-6-21-18)19(27-20)24-12-3-4-17-16(8-12)22-10-29-17/h1-10H,(H,23,28)(H3,21,24,25,26,27). The summed E-state index contributed by atoms with van der Waals surface area (Å²) in [5.74, 6) is 1.21. The topological polar surface area (TPSA) is 107 Å². The van der Waals surface area contributed by atoms with E-state index in [4.69, 9.17) is 4.98 Å². The number of fused-ring (bicyclic) bond motifs is 3. The number of H-pyrrole nitrogens is 2. The fourth-order valence-corrected chi connectivity index (χ4v) is 3.97. The molecule has 0 spiro atoms. The summed E-state index contributed by atoms with van der Waals surface area (Å²) in [5, 5.41) is 15.7. The van der Waals surface area contributed by atoms with Gasteiger partial charge in [0, 0.05) is 23.0 Å². The van der Waals surface area contributed by atoms with Crippen LogP contribution in [0.1, 0.15) is 0 Å². The Bertz CT molecular complexity index is 1480. The number of hydrogen-bond donors (Lipinski definition) is 4. The van der Waals surface area contributed by atoms with Gasteiger partial charge in [0.2, 0.25) is 5.95 Å². The van der Waals surface area contributed by atoms with E-state index in [1.54, 1.807) is 17.5 Å². The molecule has 0 bridgehead atoms. The Morgan fingerprint density at radius 1 is 0.931 bits per heavy atom. The van der Waals surface area contributed by atoms with Crippen molar-refractivity contribution in [3.05, 3.63) is 60.4 Å². The second kappa shape index (κ2) is 6.28. The first-order valence-corrected chi connectivity index (χ1v) is 9.85. The minimum atomic E-state index is 0.496. The van der Waals surface area contributed by atoms with Crippen LogP contribution in [0.5, 0.6) is 0 Å². The molecule has 0 atom stereocenters. The van der Waals surface area contributed by atoms with Crippen LogP contribution in [0.3, 0.4) is 0 Å². The normalized spacial score (nSPS) is 11.4. The Labute approximate surface area is 168 Å². The summed E-state index contributed by atoms with van der Waals surface area (Å²) >= 11 is 1.62. The molecule has 0 radical (unpaired) electrons. The second-order valence-corrected chi connectivity index (χ2v) is 7.48. The molecule has 6 aromatic rings. The minimum absolute atomic E-state index is 0.496. The molecule has 0 fully saturated rings. The summed E-state index contributed by atoms with van der Waals surface area (Å²) in [4.78, 5) is 16.8. The molecule has 0 saturated carbocycles. The maximum absolute atomic E-state index is 4.70. The average molecular weight is 398 g/mol. The van der Waals surface area contributed by atoms with E-state index in [0.717, 1.165) is 49.3 Å². The zero-order valence-electron chi connectivity index (χ0n) is 15.0. The number of aromatic amines is 2. The lowest BCUT2D eigenvalue weighted by atomic mass is 10.2. The Morgan fingerprint density at radius 3 is 2.86 bits per heavy atom. The molecule has 2 aromatic carbocycles. The SMILES string of the molecule is c1cc2c(Nc3ccc4scnc4c3)nc(Nc3ccc4cn[nH]c4c3)nc2[nH]1. The molecule has 0 unspecified atom stereocenters. The van der Waals surface area contributed by atoms with E-state index < -0.39 is 0 Å². The van der Waals surface area contributed by atoms with E-state index in [1.807, 2.05) is 48.1 Å². The molecule has 140 valence electrons. The van der Waals surface area contributed by atoms with Crippen molar-refractivity contribution in [2.75, 3.05) is 10.6 Å². The van der Waals surface area contributed by atoms with Gasteiger partial charge in [-0.3, -0.25) is 5.10 Å². The monoisotopic (exact) mass is 398 g/mol. The predicted molar refractivity (Wildman–Crippen MR) is 116 cm³/mol. The average Bonchev–Trinajstić information content (AvgIpc) is 3.47. The van der Waals surface area contributed by atoms with Crippen LogP contribution in [-0.4, -0.2) is 30.1 Å². The third-order valence-electron chi connectivity index (χ3n) is 4.71. The highest BCUT2D eigenvalue weighted by Gasteiger charge is 2.11. The minimum Gasteiger partial charge on any atom is -0.346 e. The van der Waals surface area contributed by atoms with E-state index in [0.29, 0.717) is 5.95 Å². The van der Waals surface area contributed by atoms with Gasteiger partial charge in [0.25, 0.3) is 0 Å². The third-order valence-corrected chi connectivity index (χ3v) is 5.52. The van der Waals surface area contributed by atoms with Crippen molar-refractivity contribution < 1.29 is 0 Å². The van der Waals surface area contributed by atoms with Crippen molar-refractivity contribution in [1.82, 2.24) is 30.1 Å². The molecule has 4 heterocycles. The molecule has 4 N–H and O–H groups in total. The van der Waals surface area contributed by atoms with Crippen LogP contribution in [0.15, 0.2) is 60.4 Å². The molecule has 0 aliphatic carbocycles. The van der Waals surface area contributed by atoms with Gasteiger partial charge in [0.15, 0.2) is 0 Å². The summed E-state index contributed by atoms with van der Waals surface area (Å²) in [6, 6.07) is 14.0. The number of rotatable bonds is 4. The lowest BCUT2D eigenvalue weighted by molar-refractivity contribution is 1.12. The second-order valence-electron chi connectivity index (χ2n) is 6.59. The molecule has 0 saturated heterocycles. The number of thiazole rings is 1. The van der Waals surface area contributed by atoms with Crippen LogP contribution >= 0.6 is 11.3 Å². The molecule has 9 heteroatoms. The quantitative estimate of drug-likeness (QED) is 0.335. The van der Waals surface area contributed by atoms with Gasteiger partial charge < -0.3 is 15.6 Å². The molecular weight excluding hydrogens is 384 g/mol. The number of nitrogens with zero attached hydrogens (tertiary/aromatic N) is 4. The van der Waals surface area contributed by atoms with Crippen LogP contribution in [0.4, 0.5) is 23.1 Å². The van der Waals surface area contributed by atoms with E-state index in [9.17, 15) is 0 Å². The van der Waals surface area contributed by atoms with E-state index in [-0.39, 0.29) is 0 Å². The first kappa shape index (κ1) is 16.0. The summed E-state index contributed by atoms with van der Waals surface area (Å²) in [6.07, 6.45) is 3.65. The Kier molecular flexibility index (Phi) is 3.47. The Hall–Kier alpha value is -3.98. The van der Waals surface area contributed by atoms with Gasteiger partial charge in [-0.1, -0.05) is 0 Å². The first-order chi connectivity index (χ1) is 14.3. The molecule has 6 rings (SSSR count). The van der Waals surface area contributed by atoms with Crippen LogP contribution in [0.2, 0.25) is 0 Å². The van der Waals surface area contributed by atoms with Crippen molar-refractivity contribution in [2.45, 2.75) is 0 Å². The maximum Gasteiger partial charge on any atom is 0.231 e. The zero-order chi connectivity index (χ0) is 19.2. The summed E-state index contributed by atoms with van der Waals surface area (Å²) < 4.78 is 1.15. The van der Waals surface area contributed by atoms with Crippen molar-refractivity contribution in [3.8, 4) is 0 Å². The molecule has 0 aliphatic rings. The van der Waals surface area contributed by atoms with Gasteiger partial charge in [0.1, 0.15) is 11.5 Å². The molecule has 8 nitrogen and oxygen atoms in total. The molecule has 4 aromatic heterocycles. The van der Waals surface area contributed by atoms with Crippen molar-refractivity contribution in [3.63, 3.8) is 0 Å². The summed E-state index contributed by atoms with van der Waals surface area (Å²) in [7, 11) is 0. The fourth-order valence-electron chi connectivity index (χ4n) is 3.31. The largest absolute Gasteiger partial charge is 0.346 e. The van der Waals surface area contributed by atoms with Gasteiger partial charge in [0.05, 0.1) is 32.8 Å². The highest BCUT2D eigenvalue weighted by Crippen LogP contribution is 2.28. The molecule has 0 amide bonds. The van der Waals surface area contributed by atoms with E-state index in [1.165, 1.54) is 0 Å². The predicted octanol–water partition coefficient (Wildman–Crippen LogP) is 4.93. The van der Waals surface area contributed by atoms with Crippen LogP contribution in [0.25, 0.3) is 32.2 Å². The number of nitrogens with one attached hydrogen (secondary N) is 4. The Balaban J connectivity index is 1.38. The highest BCUT2D eigenvalue weighted by molar-refractivity contribution is 7.16. The number of hydrogen-bond acceptors (Lipinski definition) is 7. The lowest BCUT2D eigenvalue weighted by Crippen LogP contribution is -2.02. The molecule has 29 heavy (non-hydrogen) atoms. The van der Waals surface area contributed by atoms with Gasteiger partial charge in [-0.2, -0.15) is 15.1 Å². The smallest absolute Gasteiger partial charge is 0.231 e. The van der Waals surface area contributed by atoms with Crippen molar-refractivity contribution in [2.24, 2.45) is 0 Å². The first-order valence-electron chi connectivity index (χ1n) is 8.97. The lowest BCUT2D eigenvalue weighted by Gasteiger charge is -2.10. The van der Waals surface area contributed by atoms with E-state index in [2.05, 4.69) is 41.8 Å². The van der Waals surface area contributed by atoms with Crippen molar-refractivity contribution >= 4 is 66.6 Å². The van der Waals surface area contributed by atoms with Crippen LogP contribution < -0.4 is 10.6 Å². The maximum atomic E-state index is 4.70. The molecular formula is C20H14N8S. The van der Waals surface area contributed by atoms with Gasteiger partial charge >= 0.3 is 0 Å². The fraction of sp³-hybridized carbons (Fsp3) is 0. The number of aromatic nitrogens is 6. The highest BCUT2D eigenvalue weighted by atomic mass is 32.1. The van der Waals surface area contributed by atoms with Gasteiger partial charge in [-0.05, 0) is 42.5 Å². The van der Waals surface area contributed by atoms with E-state index >= 15 is 0 Å². The van der Waals surface area contributed by atoms with Gasteiger partial charge in [-0.15, -0.1) is 11.3 Å². The summed E-state index contributed by atoms with van der Waals surface area (Å²) in [6.45, 7) is 0. The van der Waals surface area contributed by atoms with Crippen LogP contribution in [-0.2, 0) is 0 Å². The van der Waals surface area contributed by atoms with Crippen LogP contribution in [0, 0.1) is 0 Å². The summed E-state index contributed by atoms with van der Waals surface area (Å²) in [5.41, 5.74) is 6.32. The number of benzene rings is 2.